The maximum atomic E-state index is 11.9. The van der Waals surface area contributed by atoms with Crippen LogP contribution < -0.4 is 5.32 Å². The predicted molar refractivity (Wildman–Crippen MR) is 109 cm³/mol. The number of rotatable bonds is 4. The Bertz CT molecular complexity index is 871. The normalized spacial score (nSPS) is 22.2. The Kier molecular flexibility index (Phi) is 5.02. The highest BCUT2D eigenvalue weighted by atomic mass is 16.2. The third-order valence-electron chi connectivity index (χ3n) is 5.84. The lowest BCUT2D eigenvalue weighted by atomic mass is 9.89. The summed E-state index contributed by atoms with van der Waals surface area (Å²) in [4.78, 5) is 30.1. The van der Waals surface area contributed by atoms with E-state index in [9.17, 15) is 4.79 Å². The summed E-state index contributed by atoms with van der Waals surface area (Å²) >= 11 is 0. The van der Waals surface area contributed by atoms with Gasteiger partial charge in [0.15, 0.2) is 5.82 Å². The molecule has 1 N–H and O–H groups in total. The summed E-state index contributed by atoms with van der Waals surface area (Å²) in [5.41, 5.74) is 3.04. The highest BCUT2D eigenvalue weighted by Gasteiger charge is 2.32. The van der Waals surface area contributed by atoms with Gasteiger partial charge in [0.1, 0.15) is 11.5 Å². The van der Waals surface area contributed by atoms with Crippen LogP contribution in [-0.4, -0.2) is 63.9 Å². The molecule has 1 amide bonds. The van der Waals surface area contributed by atoms with Crippen LogP contribution in [0.5, 0.6) is 0 Å². The van der Waals surface area contributed by atoms with Crippen molar-refractivity contribution in [2.24, 2.45) is 5.41 Å². The molecule has 4 rings (SSSR count). The molecule has 7 heteroatoms. The average molecular weight is 380 g/mol. The van der Waals surface area contributed by atoms with Gasteiger partial charge in [-0.05, 0) is 44.0 Å². The molecule has 0 radical (unpaired) electrons. The lowest BCUT2D eigenvalue weighted by molar-refractivity contribution is -0.129. The molecule has 2 aromatic rings. The van der Waals surface area contributed by atoms with Gasteiger partial charge in [-0.3, -0.25) is 9.78 Å². The lowest BCUT2D eigenvalue weighted by Gasteiger charge is -2.30. The van der Waals surface area contributed by atoms with Crippen molar-refractivity contribution in [2.75, 3.05) is 38.5 Å². The number of nitrogens with zero attached hydrogens (tertiary/aromatic N) is 5. The smallest absolute Gasteiger partial charge is 0.219 e. The van der Waals surface area contributed by atoms with Gasteiger partial charge >= 0.3 is 0 Å². The molecule has 2 aromatic heterocycles. The summed E-state index contributed by atoms with van der Waals surface area (Å²) in [5.74, 6) is 1.59. The van der Waals surface area contributed by atoms with E-state index in [0.29, 0.717) is 18.9 Å². The fourth-order valence-corrected chi connectivity index (χ4v) is 4.17. The summed E-state index contributed by atoms with van der Waals surface area (Å²) in [6.45, 7) is 8.27. The van der Waals surface area contributed by atoms with Crippen LogP contribution in [0.1, 0.15) is 31.5 Å². The van der Waals surface area contributed by atoms with Crippen molar-refractivity contribution < 1.29 is 4.79 Å². The zero-order valence-electron chi connectivity index (χ0n) is 16.9. The van der Waals surface area contributed by atoms with Gasteiger partial charge in [0.2, 0.25) is 5.91 Å². The number of likely N-dealkylation sites (tertiary alicyclic amines) is 1. The molecule has 28 heavy (non-hydrogen) atoms. The predicted octanol–water partition coefficient (Wildman–Crippen LogP) is 2.20. The summed E-state index contributed by atoms with van der Waals surface area (Å²) in [7, 11) is 2.17. The largest absolute Gasteiger partial charge is 0.369 e. The molecule has 0 aromatic carbocycles. The van der Waals surface area contributed by atoms with E-state index >= 15 is 0 Å². The van der Waals surface area contributed by atoms with Gasteiger partial charge in [0, 0.05) is 38.3 Å². The molecule has 0 saturated carbocycles. The molecule has 0 spiro atoms. The second-order valence-corrected chi connectivity index (χ2v) is 8.38. The third-order valence-corrected chi connectivity index (χ3v) is 5.84. The van der Waals surface area contributed by atoms with Crippen LogP contribution in [0.4, 0.5) is 5.82 Å². The van der Waals surface area contributed by atoms with Crippen molar-refractivity contribution in [3.05, 3.63) is 35.7 Å². The molecule has 7 nitrogen and oxygen atoms in total. The number of nitrogens with one attached hydrogen (secondary N) is 1. The molecule has 4 heterocycles. The third kappa shape index (κ3) is 3.85. The van der Waals surface area contributed by atoms with Gasteiger partial charge in [0.25, 0.3) is 0 Å². The second-order valence-electron chi connectivity index (χ2n) is 8.38. The number of pyridine rings is 1. The first-order valence-corrected chi connectivity index (χ1v) is 9.93. The van der Waals surface area contributed by atoms with Gasteiger partial charge in [0.05, 0.1) is 12.2 Å². The topological polar surface area (TPSA) is 74.2 Å². The molecule has 0 unspecified atom stereocenters. The number of fused-ring (bicyclic) bond motifs is 1. The van der Waals surface area contributed by atoms with Crippen LogP contribution in [0, 0.1) is 5.41 Å². The first-order valence-electron chi connectivity index (χ1n) is 9.93. The van der Waals surface area contributed by atoms with Gasteiger partial charge in [-0.1, -0.05) is 13.0 Å². The molecule has 148 valence electrons. The van der Waals surface area contributed by atoms with E-state index in [0.717, 1.165) is 48.8 Å². The van der Waals surface area contributed by atoms with Gasteiger partial charge in [-0.2, -0.15) is 0 Å². The maximum Gasteiger partial charge on any atom is 0.219 e. The van der Waals surface area contributed by atoms with Crippen molar-refractivity contribution in [1.29, 1.82) is 0 Å². The molecule has 1 fully saturated rings. The average Bonchev–Trinajstić information content (AvgIpc) is 3.05. The first-order chi connectivity index (χ1) is 13.4. The van der Waals surface area contributed by atoms with Crippen LogP contribution in [0.2, 0.25) is 0 Å². The summed E-state index contributed by atoms with van der Waals surface area (Å²) in [5, 5.41) is 3.62. The highest BCUT2D eigenvalue weighted by Crippen LogP contribution is 2.31. The van der Waals surface area contributed by atoms with E-state index in [4.69, 9.17) is 9.97 Å². The number of anilines is 1. The number of carbonyl (C=O) groups is 1. The quantitative estimate of drug-likeness (QED) is 0.877. The lowest BCUT2D eigenvalue weighted by Crippen LogP contribution is -2.36. The highest BCUT2D eigenvalue weighted by molar-refractivity contribution is 5.74. The van der Waals surface area contributed by atoms with Crippen molar-refractivity contribution in [3.63, 3.8) is 0 Å². The minimum Gasteiger partial charge on any atom is -0.369 e. The summed E-state index contributed by atoms with van der Waals surface area (Å²) < 4.78 is 0. The molecule has 2 aliphatic rings. The van der Waals surface area contributed by atoms with E-state index < -0.39 is 0 Å². The molecule has 1 atom stereocenters. The number of hydrogen-bond donors (Lipinski definition) is 1. The fraction of sp³-hybridized carbons (Fsp3) is 0.524. The Morgan fingerprint density at radius 1 is 1.29 bits per heavy atom. The van der Waals surface area contributed by atoms with Crippen molar-refractivity contribution >= 4 is 11.7 Å². The van der Waals surface area contributed by atoms with E-state index in [2.05, 4.69) is 29.2 Å². The van der Waals surface area contributed by atoms with Crippen LogP contribution in [0.15, 0.2) is 24.4 Å². The Balaban J connectivity index is 1.66. The maximum absolute atomic E-state index is 11.9. The zero-order chi connectivity index (χ0) is 19.7. The first kappa shape index (κ1) is 18.8. The molecular weight excluding hydrogens is 352 g/mol. The monoisotopic (exact) mass is 380 g/mol. The van der Waals surface area contributed by atoms with E-state index in [-0.39, 0.29) is 11.3 Å². The SMILES string of the molecule is CC(=O)N1CCc2c(nc(-c3ccccn3)nc2NC[C@@]2(C)CCN(C)C2)C1. The zero-order valence-corrected chi connectivity index (χ0v) is 16.9. The Morgan fingerprint density at radius 2 is 2.14 bits per heavy atom. The fourth-order valence-electron chi connectivity index (χ4n) is 4.17. The molecular formula is C21H28N6O. The number of carbonyl (C=O) groups excluding carboxylic acids is 1. The minimum atomic E-state index is 0.0830. The van der Waals surface area contributed by atoms with Crippen LogP contribution in [0.3, 0.4) is 0 Å². The van der Waals surface area contributed by atoms with E-state index in [1.165, 1.54) is 6.42 Å². The second kappa shape index (κ2) is 7.47. The number of amides is 1. The molecule has 0 bridgehead atoms. The summed E-state index contributed by atoms with van der Waals surface area (Å²) in [6.07, 6.45) is 3.70. The number of hydrogen-bond acceptors (Lipinski definition) is 6. The standard InChI is InChI=1S/C21H28N6O/c1-15(28)27-10-7-16-18(12-27)24-20(17-6-4-5-9-22-17)25-19(16)23-13-21(2)8-11-26(3)14-21/h4-6,9H,7-8,10-14H2,1-3H3,(H,23,24,25)/t21-/m1/s1. The number of aromatic nitrogens is 3. The van der Waals surface area contributed by atoms with Crippen molar-refractivity contribution in [1.82, 2.24) is 24.8 Å². The molecule has 2 aliphatic heterocycles. The van der Waals surface area contributed by atoms with Crippen LogP contribution >= 0.6 is 0 Å². The Hall–Kier alpha value is -2.54. The summed E-state index contributed by atoms with van der Waals surface area (Å²) in [6, 6.07) is 5.75. The van der Waals surface area contributed by atoms with E-state index in [1.54, 1.807) is 13.1 Å². The van der Waals surface area contributed by atoms with Gasteiger partial charge in [-0.15, -0.1) is 0 Å². The van der Waals surface area contributed by atoms with Crippen molar-refractivity contribution in [3.8, 4) is 11.5 Å². The van der Waals surface area contributed by atoms with E-state index in [1.807, 2.05) is 23.1 Å². The Morgan fingerprint density at radius 3 is 2.82 bits per heavy atom. The minimum absolute atomic E-state index is 0.0830. The van der Waals surface area contributed by atoms with Crippen LogP contribution in [0.25, 0.3) is 11.5 Å². The molecule has 0 aliphatic carbocycles. The molecule has 1 saturated heterocycles. The van der Waals surface area contributed by atoms with Crippen molar-refractivity contribution in [2.45, 2.75) is 33.2 Å². The van der Waals surface area contributed by atoms with Crippen LogP contribution in [-0.2, 0) is 17.8 Å². The Labute approximate surface area is 166 Å². The van der Waals surface area contributed by atoms with Gasteiger partial charge < -0.3 is 15.1 Å². The van der Waals surface area contributed by atoms with Gasteiger partial charge in [-0.25, -0.2) is 9.97 Å².